The van der Waals surface area contributed by atoms with Crippen LogP contribution in [0.1, 0.15) is 59.7 Å². The first-order valence-corrected chi connectivity index (χ1v) is 27.1. The third-order valence-electron chi connectivity index (χ3n) is 12.9. The molecule has 1 aliphatic heterocycles. The number of rotatable bonds is 22. The van der Waals surface area contributed by atoms with E-state index in [1.807, 2.05) is 109 Å². The normalized spacial score (nSPS) is 13.1. The van der Waals surface area contributed by atoms with Crippen molar-refractivity contribution in [1.82, 2.24) is 0 Å². The highest BCUT2D eigenvalue weighted by molar-refractivity contribution is 7.80. The molecule has 382 valence electrons. The monoisotopic (exact) mass is 1020 g/mol. The summed E-state index contributed by atoms with van der Waals surface area (Å²) in [7, 11) is -1.11. The summed E-state index contributed by atoms with van der Waals surface area (Å²) in [4.78, 5) is 5.16. The third-order valence-corrected chi connectivity index (χ3v) is 15.4. The zero-order valence-corrected chi connectivity index (χ0v) is 44.1. The van der Waals surface area contributed by atoms with Gasteiger partial charge in [0.15, 0.2) is 0 Å². The van der Waals surface area contributed by atoms with E-state index in [2.05, 4.69) is 142 Å². The molecule has 0 unspecified atom stereocenters. The zero-order chi connectivity index (χ0) is 51.9. The molecule has 9 aromatic rings. The van der Waals surface area contributed by atoms with Crippen molar-refractivity contribution in [2.75, 3.05) is 6.61 Å². The van der Waals surface area contributed by atoms with E-state index in [4.69, 9.17) is 38.2 Å². The largest absolute Gasteiger partial charge is 0.489 e. The van der Waals surface area contributed by atoms with Crippen LogP contribution in [-0.4, -0.2) is 18.5 Å². The molecular formula is C67H62NO7P. The van der Waals surface area contributed by atoms with Gasteiger partial charge < -0.3 is 33.2 Å². The number of hydrogen-bond donors (Lipinski definition) is 0. The second-order valence-corrected chi connectivity index (χ2v) is 22.0. The molecule has 0 radical (unpaired) electrons. The summed E-state index contributed by atoms with van der Waals surface area (Å²) in [6, 6.07) is 78.1. The minimum Gasteiger partial charge on any atom is -0.489 e. The summed E-state index contributed by atoms with van der Waals surface area (Å²) >= 11 is 0. The molecule has 8 nitrogen and oxygen atoms in total. The van der Waals surface area contributed by atoms with Crippen LogP contribution in [-0.2, 0) is 44.4 Å². The molecule has 10 rings (SSSR count). The molecule has 0 saturated heterocycles. The van der Waals surface area contributed by atoms with Gasteiger partial charge in [0.2, 0.25) is 5.90 Å². The van der Waals surface area contributed by atoms with E-state index in [0.717, 1.165) is 66.4 Å². The molecular weight excluding hydrogens is 962 g/mol. The van der Waals surface area contributed by atoms with Gasteiger partial charge in [-0.3, -0.25) is 0 Å². The fourth-order valence-electron chi connectivity index (χ4n) is 8.68. The smallest absolute Gasteiger partial charge is 0.217 e. The fraction of sp³-hybridized carbons (Fsp3) is 0.179. The Balaban J connectivity index is 0.888. The maximum atomic E-state index is 6.51. The van der Waals surface area contributed by atoms with Crippen molar-refractivity contribution in [1.29, 1.82) is 0 Å². The molecule has 0 amide bonds. The Morgan fingerprint density at radius 1 is 0.382 bits per heavy atom. The van der Waals surface area contributed by atoms with Gasteiger partial charge in [-0.1, -0.05) is 185 Å². The molecule has 9 aromatic carbocycles. The summed E-state index contributed by atoms with van der Waals surface area (Å²) in [5, 5.41) is 3.45. The van der Waals surface area contributed by atoms with E-state index in [1.54, 1.807) is 0 Å². The first kappa shape index (κ1) is 51.2. The van der Waals surface area contributed by atoms with Crippen molar-refractivity contribution >= 4 is 29.7 Å². The highest BCUT2D eigenvalue weighted by atomic mass is 31.1. The number of hydrogen-bond acceptors (Lipinski definition) is 8. The van der Waals surface area contributed by atoms with Crippen LogP contribution in [0.2, 0.25) is 0 Å². The van der Waals surface area contributed by atoms with Gasteiger partial charge in [0.05, 0.1) is 6.04 Å². The van der Waals surface area contributed by atoms with Crippen molar-refractivity contribution in [2.24, 2.45) is 10.4 Å². The lowest BCUT2D eigenvalue weighted by Crippen LogP contribution is -2.25. The SMILES string of the molecule is CC(C)(C)[C@H]1COC(c2ccccc2P(c2ccc(OCc3cc(OCc4ccccc4)cc(OCc4ccccc4)c3)cc2)c2ccc(OCc3cc(OCc4ccccc4)cc(OCc4ccccc4)c3)cc2)=N1. The van der Waals surface area contributed by atoms with E-state index in [-0.39, 0.29) is 11.5 Å². The fourth-order valence-corrected chi connectivity index (χ4v) is 11.1. The average Bonchev–Trinajstić information content (AvgIpc) is 4.01. The van der Waals surface area contributed by atoms with E-state index in [0.29, 0.717) is 75.1 Å². The first-order chi connectivity index (χ1) is 37.2. The molecule has 9 heteroatoms. The Bertz CT molecular complexity index is 2990. The summed E-state index contributed by atoms with van der Waals surface area (Å²) in [6.45, 7) is 9.59. The molecule has 0 N–H and O–H groups in total. The molecule has 0 saturated carbocycles. The molecule has 0 aromatic heterocycles. The summed E-state index contributed by atoms with van der Waals surface area (Å²) in [5.41, 5.74) is 7.18. The highest BCUT2D eigenvalue weighted by Gasteiger charge is 2.32. The number of nitrogens with zero attached hydrogens (tertiary/aromatic N) is 1. The van der Waals surface area contributed by atoms with Crippen molar-refractivity contribution in [3.05, 3.63) is 269 Å². The second kappa shape index (κ2) is 24.8. The maximum Gasteiger partial charge on any atom is 0.217 e. The number of ether oxygens (including phenoxy) is 7. The average molecular weight is 1020 g/mol. The van der Waals surface area contributed by atoms with E-state index in [9.17, 15) is 0 Å². The van der Waals surface area contributed by atoms with Crippen LogP contribution in [0, 0.1) is 5.41 Å². The van der Waals surface area contributed by atoms with E-state index in [1.165, 1.54) is 0 Å². The van der Waals surface area contributed by atoms with Crippen molar-refractivity contribution in [2.45, 2.75) is 66.5 Å². The van der Waals surface area contributed by atoms with Crippen LogP contribution in [0.4, 0.5) is 0 Å². The molecule has 1 atom stereocenters. The lowest BCUT2D eigenvalue weighted by molar-refractivity contribution is 0.236. The van der Waals surface area contributed by atoms with E-state index < -0.39 is 7.92 Å². The lowest BCUT2D eigenvalue weighted by Gasteiger charge is -2.23. The van der Waals surface area contributed by atoms with Gasteiger partial charge in [-0.15, -0.1) is 0 Å². The zero-order valence-electron chi connectivity index (χ0n) is 43.2. The molecule has 1 heterocycles. The molecule has 0 bridgehead atoms. The molecule has 0 aliphatic carbocycles. The minimum absolute atomic E-state index is 0.0341. The first-order valence-electron chi connectivity index (χ1n) is 25.7. The predicted molar refractivity (Wildman–Crippen MR) is 306 cm³/mol. The number of aliphatic imine (C=N–C) groups is 1. The van der Waals surface area contributed by atoms with Crippen molar-refractivity contribution in [3.8, 4) is 34.5 Å². The standard InChI is InChI=1S/C67H62NO7P/c1-67(2,3)65-48-75-66(68-65)63-26-16-17-27-64(63)76(61-32-28-55(29-33-61)69-46-53-36-57(71-42-49-18-8-4-9-19-49)40-58(37-53)72-43-50-20-10-5-11-21-50)62-34-30-56(31-35-62)70-47-54-38-59(73-44-51-22-12-6-13-23-51)41-60(39-54)74-45-52-24-14-7-15-25-52/h4-41,65H,42-48H2,1-3H3/t65-/m1/s1. The molecule has 1 aliphatic rings. The van der Waals surface area contributed by atoms with Crippen LogP contribution in [0.25, 0.3) is 0 Å². The molecule has 0 spiro atoms. The van der Waals surface area contributed by atoms with Gasteiger partial charge in [0.25, 0.3) is 0 Å². The Morgan fingerprint density at radius 3 is 1.07 bits per heavy atom. The highest BCUT2D eigenvalue weighted by Crippen LogP contribution is 2.38. The van der Waals surface area contributed by atoms with E-state index >= 15 is 0 Å². The van der Waals surface area contributed by atoms with Crippen LogP contribution in [0.5, 0.6) is 34.5 Å². The van der Waals surface area contributed by atoms with Gasteiger partial charge in [-0.2, -0.15) is 0 Å². The lowest BCUT2D eigenvalue weighted by atomic mass is 9.88. The number of benzene rings is 9. The third kappa shape index (κ3) is 14.1. The topological polar surface area (TPSA) is 77.0 Å². The maximum absolute atomic E-state index is 6.51. The van der Waals surface area contributed by atoms with Crippen molar-refractivity contribution in [3.63, 3.8) is 0 Å². The Morgan fingerprint density at radius 2 is 0.711 bits per heavy atom. The summed E-state index contributed by atoms with van der Waals surface area (Å²) < 4.78 is 44.6. The van der Waals surface area contributed by atoms with Gasteiger partial charge >= 0.3 is 0 Å². The van der Waals surface area contributed by atoms with Gasteiger partial charge in [0.1, 0.15) is 80.7 Å². The van der Waals surface area contributed by atoms with Crippen LogP contribution >= 0.6 is 7.92 Å². The van der Waals surface area contributed by atoms with Gasteiger partial charge in [0, 0.05) is 17.7 Å². The Labute approximate surface area is 448 Å². The van der Waals surface area contributed by atoms with Crippen LogP contribution in [0.15, 0.2) is 236 Å². The van der Waals surface area contributed by atoms with Crippen LogP contribution in [0.3, 0.4) is 0 Å². The summed E-state index contributed by atoms with van der Waals surface area (Å²) in [5.74, 6) is 5.04. The molecule has 76 heavy (non-hydrogen) atoms. The molecule has 0 fully saturated rings. The minimum atomic E-state index is -1.11. The van der Waals surface area contributed by atoms with Crippen LogP contribution < -0.4 is 44.3 Å². The second-order valence-electron chi connectivity index (χ2n) is 19.8. The van der Waals surface area contributed by atoms with Gasteiger partial charge in [-0.25, -0.2) is 4.99 Å². The quantitative estimate of drug-likeness (QED) is 0.0626. The summed E-state index contributed by atoms with van der Waals surface area (Å²) in [6.07, 6.45) is 0. The Kier molecular flexibility index (Phi) is 16.7. The Hall–Kier alpha value is -8.32. The van der Waals surface area contributed by atoms with Crippen molar-refractivity contribution < 1.29 is 33.2 Å². The predicted octanol–water partition coefficient (Wildman–Crippen LogP) is 14.1. The van der Waals surface area contributed by atoms with Gasteiger partial charge in [-0.05, 0) is 117 Å².